The molecule has 0 bridgehead atoms. The quantitative estimate of drug-likeness (QED) is 0.672. The molecule has 0 aliphatic rings. The van der Waals surface area contributed by atoms with Crippen LogP contribution in [0.25, 0.3) is 0 Å². The van der Waals surface area contributed by atoms with Gasteiger partial charge in [-0.25, -0.2) is 4.79 Å². The lowest BCUT2D eigenvalue weighted by Crippen LogP contribution is -2.53. The molecule has 0 aliphatic heterocycles. The van der Waals surface area contributed by atoms with Gasteiger partial charge in [0.25, 0.3) is 0 Å². The largest absolute Gasteiger partial charge is 0.480 e. The molecular weight excluding hydrogens is 220 g/mol. The van der Waals surface area contributed by atoms with Crippen molar-refractivity contribution in [1.82, 2.24) is 5.32 Å². The Bertz CT molecular complexity index is 282. The summed E-state index contributed by atoms with van der Waals surface area (Å²) < 4.78 is 0. The molecule has 0 saturated carbocycles. The third-order valence-electron chi connectivity index (χ3n) is 2.54. The first-order valence-corrected chi connectivity index (χ1v) is 5.84. The SMILES string of the molecule is CC(C)C[C@@H](NC(=O)C(N)C(C)(C)C)C(=O)O. The minimum Gasteiger partial charge on any atom is -0.480 e. The van der Waals surface area contributed by atoms with Crippen molar-refractivity contribution in [3.63, 3.8) is 0 Å². The second-order valence-electron chi connectivity index (χ2n) is 5.87. The predicted molar refractivity (Wildman–Crippen MR) is 66.5 cm³/mol. The summed E-state index contributed by atoms with van der Waals surface area (Å²) in [4.78, 5) is 22.8. The molecule has 2 atom stereocenters. The number of aliphatic carboxylic acids is 1. The maximum absolute atomic E-state index is 11.8. The number of nitrogens with two attached hydrogens (primary N) is 1. The van der Waals surface area contributed by atoms with Crippen molar-refractivity contribution in [2.45, 2.75) is 53.1 Å². The molecule has 0 rings (SSSR count). The Hall–Kier alpha value is -1.10. The highest BCUT2D eigenvalue weighted by molar-refractivity contribution is 5.87. The summed E-state index contributed by atoms with van der Waals surface area (Å²) in [5.74, 6) is -1.24. The zero-order chi connectivity index (χ0) is 13.8. The third-order valence-corrected chi connectivity index (χ3v) is 2.54. The van der Waals surface area contributed by atoms with Gasteiger partial charge in [-0.3, -0.25) is 4.79 Å². The Morgan fingerprint density at radius 3 is 2.06 bits per heavy atom. The lowest BCUT2D eigenvalue weighted by molar-refractivity contribution is -0.142. The molecule has 0 heterocycles. The van der Waals surface area contributed by atoms with Crippen molar-refractivity contribution in [3.8, 4) is 0 Å². The van der Waals surface area contributed by atoms with Gasteiger partial charge >= 0.3 is 5.97 Å². The monoisotopic (exact) mass is 244 g/mol. The minimum absolute atomic E-state index is 0.197. The van der Waals surface area contributed by atoms with Crippen molar-refractivity contribution < 1.29 is 14.7 Å². The first-order valence-electron chi connectivity index (χ1n) is 5.84. The molecule has 100 valence electrons. The Labute approximate surface area is 103 Å². The van der Waals surface area contributed by atoms with Gasteiger partial charge in [-0.15, -0.1) is 0 Å². The van der Waals surface area contributed by atoms with E-state index < -0.39 is 24.0 Å². The second-order valence-corrected chi connectivity index (χ2v) is 5.87. The molecule has 0 saturated heterocycles. The summed E-state index contributed by atoms with van der Waals surface area (Å²) in [5, 5.41) is 11.5. The summed E-state index contributed by atoms with van der Waals surface area (Å²) in [6.07, 6.45) is 0.401. The fraction of sp³-hybridized carbons (Fsp3) is 0.833. The van der Waals surface area contributed by atoms with Crippen molar-refractivity contribution in [2.24, 2.45) is 17.1 Å². The van der Waals surface area contributed by atoms with Crippen LogP contribution >= 0.6 is 0 Å². The number of carbonyl (C=O) groups excluding carboxylic acids is 1. The highest BCUT2D eigenvalue weighted by atomic mass is 16.4. The van der Waals surface area contributed by atoms with Gasteiger partial charge in [-0.1, -0.05) is 34.6 Å². The van der Waals surface area contributed by atoms with E-state index in [-0.39, 0.29) is 11.3 Å². The number of carboxylic acids is 1. The zero-order valence-electron chi connectivity index (χ0n) is 11.3. The van der Waals surface area contributed by atoms with Gasteiger partial charge in [0, 0.05) is 0 Å². The van der Waals surface area contributed by atoms with Crippen LogP contribution in [0.1, 0.15) is 41.0 Å². The minimum atomic E-state index is -1.02. The average molecular weight is 244 g/mol. The van der Waals surface area contributed by atoms with E-state index in [0.29, 0.717) is 6.42 Å². The normalized spacial score (nSPS) is 15.5. The topological polar surface area (TPSA) is 92.4 Å². The Kier molecular flexibility index (Phi) is 5.61. The second kappa shape index (κ2) is 6.00. The van der Waals surface area contributed by atoms with Crippen LogP contribution < -0.4 is 11.1 Å². The van der Waals surface area contributed by atoms with E-state index in [1.54, 1.807) is 0 Å². The van der Waals surface area contributed by atoms with Crippen molar-refractivity contribution in [2.75, 3.05) is 0 Å². The number of hydrogen-bond acceptors (Lipinski definition) is 3. The van der Waals surface area contributed by atoms with Crippen molar-refractivity contribution >= 4 is 11.9 Å². The molecule has 0 aromatic rings. The van der Waals surface area contributed by atoms with Crippen LogP contribution in [0, 0.1) is 11.3 Å². The lowest BCUT2D eigenvalue weighted by Gasteiger charge is -2.27. The molecule has 0 fully saturated rings. The van der Waals surface area contributed by atoms with E-state index in [1.807, 2.05) is 34.6 Å². The molecule has 17 heavy (non-hydrogen) atoms. The summed E-state index contributed by atoms with van der Waals surface area (Å²) in [7, 11) is 0. The van der Waals surface area contributed by atoms with Crippen LogP contribution in [0.4, 0.5) is 0 Å². The Morgan fingerprint density at radius 2 is 1.76 bits per heavy atom. The molecule has 4 N–H and O–H groups in total. The lowest BCUT2D eigenvalue weighted by atomic mass is 9.86. The van der Waals surface area contributed by atoms with Crippen molar-refractivity contribution in [3.05, 3.63) is 0 Å². The average Bonchev–Trinajstić information content (AvgIpc) is 2.13. The summed E-state index contributed by atoms with van der Waals surface area (Å²) in [6, 6.07) is -1.58. The number of carboxylic acid groups (broad SMARTS) is 1. The number of carbonyl (C=O) groups is 2. The molecule has 1 amide bonds. The number of amides is 1. The Morgan fingerprint density at radius 1 is 1.29 bits per heavy atom. The molecular formula is C12H24N2O3. The van der Waals surface area contributed by atoms with Crippen LogP contribution in [0.3, 0.4) is 0 Å². The highest BCUT2D eigenvalue weighted by Gasteiger charge is 2.30. The van der Waals surface area contributed by atoms with Gasteiger partial charge in [0.2, 0.25) is 5.91 Å². The summed E-state index contributed by atoms with van der Waals surface area (Å²) in [5.41, 5.74) is 5.38. The van der Waals surface area contributed by atoms with Gasteiger partial charge in [-0.2, -0.15) is 0 Å². The van der Waals surface area contributed by atoms with Crippen LogP contribution in [0.2, 0.25) is 0 Å². The van der Waals surface area contributed by atoms with E-state index in [9.17, 15) is 9.59 Å². The first-order chi connectivity index (χ1) is 7.55. The zero-order valence-corrected chi connectivity index (χ0v) is 11.3. The number of rotatable bonds is 5. The maximum Gasteiger partial charge on any atom is 0.326 e. The van der Waals surface area contributed by atoms with Gasteiger partial charge in [-0.05, 0) is 17.8 Å². The van der Waals surface area contributed by atoms with Crippen LogP contribution in [-0.2, 0) is 9.59 Å². The standard InChI is InChI=1S/C12H24N2O3/c1-7(2)6-8(11(16)17)14-10(15)9(13)12(3,4)5/h7-9H,6,13H2,1-5H3,(H,14,15)(H,16,17)/t8-,9?/m1/s1. The van der Waals surface area contributed by atoms with Crippen LogP contribution in [0.15, 0.2) is 0 Å². The molecule has 1 unspecified atom stereocenters. The predicted octanol–water partition coefficient (Wildman–Crippen LogP) is 0.975. The fourth-order valence-corrected chi connectivity index (χ4v) is 1.35. The fourth-order valence-electron chi connectivity index (χ4n) is 1.35. The van der Waals surface area contributed by atoms with Gasteiger partial charge in [0.15, 0.2) is 0 Å². The van der Waals surface area contributed by atoms with E-state index in [4.69, 9.17) is 10.8 Å². The Balaban J connectivity index is 4.57. The first kappa shape index (κ1) is 15.9. The van der Waals surface area contributed by atoms with E-state index in [2.05, 4.69) is 5.32 Å². The highest BCUT2D eigenvalue weighted by Crippen LogP contribution is 2.17. The van der Waals surface area contributed by atoms with Crippen molar-refractivity contribution in [1.29, 1.82) is 0 Å². The molecule has 0 spiro atoms. The number of nitrogens with one attached hydrogen (secondary N) is 1. The summed E-state index contributed by atoms with van der Waals surface area (Å²) >= 11 is 0. The van der Waals surface area contributed by atoms with Gasteiger partial charge in [0.1, 0.15) is 6.04 Å². The maximum atomic E-state index is 11.8. The van der Waals surface area contributed by atoms with E-state index >= 15 is 0 Å². The molecule has 0 radical (unpaired) electrons. The molecule has 0 aromatic carbocycles. The molecule has 5 nitrogen and oxygen atoms in total. The van der Waals surface area contributed by atoms with Crippen LogP contribution in [0.5, 0.6) is 0 Å². The van der Waals surface area contributed by atoms with E-state index in [0.717, 1.165) is 0 Å². The van der Waals surface area contributed by atoms with Crippen LogP contribution in [-0.4, -0.2) is 29.1 Å². The summed E-state index contributed by atoms with van der Waals surface area (Å²) in [6.45, 7) is 9.35. The van der Waals surface area contributed by atoms with Gasteiger partial charge in [0.05, 0.1) is 6.04 Å². The molecule has 5 heteroatoms. The smallest absolute Gasteiger partial charge is 0.326 e. The number of hydrogen-bond donors (Lipinski definition) is 3. The molecule has 0 aromatic heterocycles. The van der Waals surface area contributed by atoms with Gasteiger partial charge < -0.3 is 16.2 Å². The molecule has 0 aliphatic carbocycles. The van der Waals surface area contributed by atoms with E-state index in [1.165, 1.54) is 0 Å². The third kappa shape index (κ3) is 5.68.